The average molecular weight is 243 g/mol. The second-order valence-corrected chi connectivity index (χ2v) is 5.52. The molecule has 0 radical (unpaired) electrons. The molecule has 96 valence electrons. The minimum atomic E-state index is 0.443. The number of rotatable bonds is 1. The summed E-state index contributed by atoms with van der Waals surface area (Å²) in [4.78, 5) is 5.82. The second kappa shape index (κ2) is 4.41. The van der Waals surface area contributed by atoms with Crippen LogP contribution in [0.1, 0.15) is 22.7 Å². The highest BCUT2D eigenvalue weighted by atomic mass is 15.2. The van der Waals surface area contributed by atoms with Crippen LogP contribution in [0.2, 0.25) is 0 Å². The van der Waals surface area contributed by atoms with Crippen molar-refractivity contribution >= 4 is 10.9 Å². The largest absolute Gasteiger partial charge is 0.361 e. The third-order valence-corrected chi connectivity index (χ3v) is 3.91. The molecule has 2 heterocycles. The van der Waals surface area contributed by atoms with E-state index in [1.54, 1.807) is 0 Å². The van der Waals surface area contributed by atoms with Crippen molar-refractivity contribution in [1.82, 2.24) is 15.2 Å². The van der Waals surface area contributed by atoms with Crippen molar-refractivity contribution < 1.29 is 0 Å². The number of benzene rings is 1. The first-order chi connectivity index (χ1) is 8.65. The molecule has 3 nitrogen and oxygen atoms in total. The van der Waals surface area contributed by atoms with Gasteiger partial charge in [-0.25, -0.2) is 0 Å². The molecule has 1 fully saturated rings. The van der Waals surface area contributed by atoms with Gasteiger partial charge in [0.1, 0.15) is 0 Å². The monoisotopic (exact) mass is 243 g/mol. The molecule has 3 heteroatoms. The van der Waals surface area contributed by atoms with Gasteiger partial charge in [0.15, 0.2) is 0 Å². The van der Waals surface area contributed by atoms with Gasteiger partial charge in [0.2, 0.25) is 0 Å². The molecular weight excluding hydrogens is 222 g/mol. The Morgan fingerprint density at radius 1 is 1.28 bits per heavy atom. The highest BCUT2D eigenvalue weighted by Crippen LogP contribution is 2.29. The van der Waals surface area contributed by atoms with E-state index in [0.717, 1.165) is 19.6 Å². The van der Waals surface area contributed by atoms with E-state index in [0.29, 0.717) is 6.04 Å². The summed E-state index contributed by atoms with van der Waals surface area (Å²) < 4.78 is 0. The number of H-pyrrole nitrogens is 1. The zero-order valence-electron chi connectivity index (χ0n) is 11.4. The SMILES string of the molecule is Cc1cc(C)c2c(C3CN(C)CCN3)c[nH]c2c1. The molecule has 0 saturated carbocycles. The molecule has 0 aliphatic carbocycles. The first-order valence-electron chi connectivity index (χ1n) is 6.65. The number of fused-ring (bicyclic) bond motifs is 1. The molecule has 1 atom stereocenters. The number of hydrogen-bond acceptors (Lipinski definition) is 2. The lowest BCUT2D eigenvalue weighted by molar-refractivity contribution is 0.241. The van der Waals surface area contributed by atoms with Crippen molar-refractivity contribution in [3.05, 3.63) is 35.0 Å². The Labute approximate surface area is 108 Å². The molecule has 0 bridgehead atoms. The average Bonchev–Trinajstić information content (AvgIpc) is 2.72. The molecule has 3 rings (SSSR count). The van der Waals surface area contributed by atoms with E-state index in [1.165, 1.54) is 27.6 Å². The first kappa shape index (κ1) is 11.8. The Bertz CT molecular complexity index is 570. The van der Waals surface area contributed by atoms with Gasteiger partial charge in [0, 0.05) is 42.8 Å². The van der Waals surface area contributed by atoms with Crippen LogP contribution in [0.25, 0.3) is 10.9 Å². The Balaban J connectivity index is 2.07. The van der Waals surface area contributed by atoms with E-state index < -0.39 is 0 Å². The summed E-state index contributed by atoms with van der Waals surface area (Å²) >= 11 is 0. The van der Waals surface area contributed by atoms with Crippen LogP contribution in [-0.4, -0.2) is 36.6 Å². The van der Waals surface area contributed by atoms with Gasteiger partial charge in [-0.1, -0.05) is 6.07 Å². The summed E-state index contributed by atoms with van der Waals surface area (Å²) in [6.45, 7) is 7.65. The molecule has 1 unspecified atom stereocenters. The summed E-state index contributed by atoms with van der Waals surface area (Å²) in [5, 5.41) is 5.02. The van der Waals surface area contributed by atoms with E-state index in [2.05, 4.69) is 54.4 Å². The Morgan fingerprint density at radius 2 is 2.11 bits per heavy atom. The van der Waals surface area contributed by atoms with Crippen LogP contribution >= 0.6 is 0 Å². The van der Waals surface area contributed by atoms with Crippen molar-refractivity contribution in [2.24, 2.45) is 0 Å². The molecule has 18 heavy (non-hydrogen) atoms. The minimum absolute atomic E-state index is 0.443. The van der Waals surface area contributed by atoms with Crippen LogP contribution < -0.4 is 5.32 Å². The molecule has 2 aromatic rings. The van der Waals surface area contributed by atoms with Crippen LogP contribution in [0.3, 0.4) is 0 Å². The van der Waals surface area contributed by atoms with E-state index in [-0.39, 0.29) is 0 Å². The Kier molecular flexibility index (Phi) is 2.88. The van der Waals surface area contributed by atoms with Gasteiger partial charge < -0.3 is 15.2 Å². The minimum Gasteiger partial charge on any atom is -0.361 e. The summed E-state index contributed by atoms with van der Waals surface area (Å²) in [6.07, 6.45) is 2.17. The number of aromatic amines is 1. The zero-order chi connectivity index (χ0) is 12.7. The summed E-state index contributed by atoms with van der Waals surface area (Å²) in [5.74, 6) is 0. The number of aryl methyl sites for hydroxylation is 2. The van der Waals surface area contributed by atoms with Gasteiger partial charge in [0.05, 0.1) is 0 Å². The lowest BCUT2D eigenvalue weighted by atomic mass is 9.99. The maximum atomic E-state index is 3.62. The van der Waals surface area contributed by atoms with Gasteiger partial charge in [0.25, 0.3) is 0 Å². The van der Waals surface area contributed by atoms with Crippen molar-refractivity contribution in [3.8, 4) is 0 Å². The van der Waals surface area contributed by atoms with E-state index in [4.69, 9.17) is 0 Å². The molecule has 1 saturated heterocycles. The maximum absolute atomic E-state index is 3.62. The fourth-order valence-corrected chi connectivity index (χ4v) is 3.07. The molecule has 0 spiro atoms. The van der Waals surface area contributed by atoms with E-state index in [1.807, 2.05) is 0 Å². The maximum Gasteiger partial charge on any atom is 0.0471 e. The summed E-state index contributed by atoms with van der Waals surface area (Å²) in [5.41, 5.74) is 5.37. The van der Waals surface area contributed by atoms with Crippen molar-refractivity contribution in [3.63, 3.8) is 0 Å². The zero-order valence-corrected chi connectivity index (χ0v) is 11.4. The molecule has 1 aliphatic heterocycles. The normalized spacial score (nSPS) is 21.6. The second-order valence-electron chi connectivity index (χ2n) is 5.52. The first-order valence-corrected chi connectivity index (χ1v) is 6.65. The third-order valence-electron chi connectivity index (χ3n) is 3.91. The number of hydrogen-bond donors (Lipinski definition) is 2. The van der Waals surface area contributed by atoms with E-state index in [9.17, 15) is 0 Å². The van der Waals surface area contributed by atoms with Crippen molar-refractivity contribution in [2.45, 2.75) is 19.9 Å². The molecule has 1 aliphatic rings. The fourth-order valence-electron chi connectivity index (χ4n) is 3.07. The fraction of sp³-hybridized carbons (Fsp3) is 0.467. The van der Waals surface area contributed by atoms with Gasteiger partial charge in [-0.15, -0.1) is 0 Å². The lowest BCUT2D eigenvalue weighted by Gasteiger charge is -2.31. The Morgan fingerprint density at radius 3 is 2.89 bits per heavy atom. The number of likely N-dealkylation sites (N-methyl/N-ethyl adjacent to an activating group) is 1. The molecule has 2 N–H and O–H groups in total. The standard InChI is InChI=1S/C15H21N3/c1-10-6-11(2)15-12(8-17-13(15)7-10)14-9-18(3)5-4-16-14/h6-8,14,16-17H,4-5,9H2,1-3H3. The number of piperazine rings is 1. The van der Waals surface area contributed by atoms with Crippen LogP contribution in [0.15, 0.2) is 18.3 Å². The number of aromatic nitrogens is 1. The van der Waals surface area contributed by atoms with Crippen LogP contribution in [0, 0.1) is 13.8 Å². The smallest absolute Gasteiger partial charge is 0.0471 e. The predicted octanol–water partition coefficient (Wildman–Crippen LogP) is 2.36. The summed E-state index contributed by atoms with van der Waals surface area (Å²) in [7, 11) is 2.19. The number of nitrogens with zero attached hydrogens (tertiary/aromatic N) is 1. The predicted molar refractivity (Wildman–Crippen MR) is 76.0 cm³/mol. The quantitative estimate of drug-likeness (QED) is 0.805. The lowest BCUT2D eigenvalue weighted by Crippen LogP contribution is -2.43. The van der Waals surface area contributed by atoms with Gasteiger partial charge in [-0.2, -0.15) is 0 Å². The Hall–Kier alpha value is -1.32. The van der Waals surface area contributed by atoms with Crippen LogP contribution in [0.4, 0.5) is 0 Å². The van der Waals surface area contributed by atoms with Gasteiger partial charge >= 0.3 is 0 Å². The molecule has 0 amide bonds. The molecular formula is C15H21N3. The van der Waals surface area contributed by atoms with E-state index >= 15 is 0 Å². The van der Waals surface area contributed by atoms with Crippen LogP contribution in [0.5, 0.6) is 0 Å². The topological polar surface area (TPSA) is 31.1 Å². The summed E-state index contributed by atoms with van der Waals surface area (Å²) in [6, 6.07) is 4.95. The van der Waals surface area contributed by atoms with Gasteiger partial charge in [-0.05, 0) is 43.7 Å². The third kappa shape index (κ3) is 1.93. The van der Waals surface area contributed by atoms with Crippen molar-refractivity contribution in [1.29, 1.82) is 0 Å². The highest BCUT2D eigenvalue weighted by Gasteiger charge is 2.21. The molecule has 1 aromatic carbocycles. The van der Waals surface area contributed by atoms with Gasteiger partial charge in [-0.3, -0.25) is 0 Å². The van der Waals surface area contributed by atoms with Crippen LogP contribution in [-0.2, 0) is 0 Å². The highest BCUT2D eigenvalue weighted by molar-refractivity contribution is 5.87. The van der Waals surface area contributed by atoms with Crippen molar-refractivity contribution in [2.75, 3.05) is 26.7 Å². The molecule has 1 aromatic heterocycles. The number of nitrogens with one attached hydrogen (secondary N) is 2.